The molecule has 1 saturated carbocycles. The van der Waals surface area contributed by atoms with E-state index < -0.39 is 0 Å². The van der Waals surface area contributed by atoms with Crippen LogP contribution in [-0.2, 0) is 4.74 Å². The first-order valence-electron chi connectivity index (χ1n) is 5.53. The van der Waals surface area contributed by atoms with Gasteiger partial charge in [-0.1, -0.05) is 20.3 Å². The standard InChI is InChI=1S/C12H24O/c1-6-12(4,10-8-7-9-10)11(2,3)13-5/h10H,6-9H2,1-5H3. The van der Waals surface area contributed by atoms with Gasteiger partial charge in [0.25, 0.3) is 0 Å². The van der Waals surface area contributed by atoms with Gasteiger partial charge in [-0.25, -0.2) is 0 Å². The van der Waals surface area contributed by atoms with E-state index in [1.807, 2.05) is 7.11 Å². The first-order valence-corrected chi connectivity index (χ1v) is 5.53. The highest BCUT2D eigenvalue weighted by molar-refractivity contribution is 4.97. The maximum absolute atomic E-state index is 5.65. The van der Waals surface area contributed by atoms with Crippen molar-refractivity contribution >= 4 is 0 Å². The molecule has 1 fully saturated rings. The molecule has 0 aromatic heterocycles. The van der Waals surface area contributed by atoms with Crippen molar-refractivity contribution in [2.24, 2.45) is 11.3 Å². The molecule has 0 spiro atoms. The number of rotatable bonds is 4. The molecular weight excluding hydrogens is 160 g/mol. The van der Waals surface area contributed by atoms with E-state index in [1.165, 1.54) is 25.7 Å². The monoisotopic (exact) mass is 184 g/mol. The van der Waals surface area contributed by atoms with Gasteiger partial charge in [0.1, 0.15) is 0 Å². The van der Waals surface area contributed by atoms with Gasteiger partial charge in [0.2, 0.25) is 0 Å². The Morgan fingerprint density at radius 3 is 2.00 bits per heavy atom. The molecule has 1 aliphatic carbocycles. The molecule has 0 aromatic carbocycles. The van der Waals surface area contributed by atoms with Crippen molar-refractivity contribution in [3.63, 3.8) is 0 Å². The third kappa shape index (κ3) is 1.63. The lowest BCUT2D eigenvalue weighted by molar-refractivity contribution is -0.125. The summed E-state index contributed by atoms with van der Waals surface area (Å²) in [5.41, 5.74) is 0.382. The molecule has 1 rings (SSSR count). The van der Waals surface area contributed by atoms with Gasteiger partial charge in [-0.3, -0.25) is 0 Å². The normalized spacial score (nSPS) is 23.8. The summed E-state index contributed by atoms with van der Waals surface area (Å²) < 4.78 is 5.65. The van der Waals surface area contributed by atoms with Crippen LogP contribution in [0, 0.1) is 11.3 Å². The molecule has 0 aromatic rings. The molecule has 13 heavy (non-hydrogen) atoms. The van der Waals surface area contributed by atoms with Crippen molar-refractivity contribution < 1.29 is 4.74 Å². The Labute approximate surface area is 82.9 Å². The SMILES string of the molecule is CCC(C)(C1CCC1)C(C)(C)OC. The Hall–Kier alpha value is -0.0400. The summed E-state index contributed by atoms with van der Waals surface area (Å²) in [4.78, 5) is 0. The lowest BCUT2D eigenvalue weighted by Crippen LogP contribution is -2.49. The van der Waals surface area contributed by atoms with Crippen LogP contribution in [0.5, 0.6) is 0 Å². The summed E-state index contributed by atoms with van der Waals surface area (Å²) in [6.45, 7) is 9.14. The van der Waals surface area contributed by atoms with Crippen molar-refractivity contribution in [3.8, 4) is 0 Å². The fourth-order valence-electron chi connectivity index (χ4n) is 2.48. The Morgan fingerprint density at radius 1 is 1.23 bits per heavy atom. The summed E-state index contributed by atoms with van der Waals surface area (Å²) in [5.74, 6) is 0.882. The topological polar surface area (TPSA) is 9.23 Å². The summed E-state index contributed by atoms with van der Waals surface area (Å²) in [7, 11) is 1.84. The zero-order valence-corrected chi connectivity index (χ0v) is 9.81. The van der Waals surface area contributed by atoms with Gasteiger partial charge in [-0.15, -0.1) is 0 Å². The highest BCUT2D eigenvalue weighted by atomic mass is 16.5. The van der Waals surface area contributed by atoms with Crippen LogP contribution in [0.25, 0.3) is 0 Å². The Kier molecular flexibility index (Phi) is 3.06. The molecule has 78 valence electrons. The second-order valence-electron chi connectivity index (χ2n) is 5.11. The molecule has 0 N–H and O–H groups in total. The predicted molar refractivity (Wildman–Crippen MR) is 56.8 cm³/mol. The zero-order chi connectivity index (χ0) is 10.1. The van der Waals surface area contributed by atoms with E-state index in [-0.39, 0.29) is 5.60 Å². The second-order valence-corrected chi connectivity index (χ2v) is 5.11. The van der Waals surface area contributed by atoms with Crippen LogP contribution in [0.3, 0.4) is 0 Å². The average Bonchev–Trinajstić information content (AvgIpc) is 2.00. The summed E-state index contributed by atoms with van der Waals surface area (Å²) in [5, 5.41) is 0. The number of ether oxygens (including phenoxy) is 1. The molecular formula is C12H24O. The van der Waals surface area contributed by atoms with Crippen molar-refractivity contribution in [3.05, 3.63) is 0 Å². The molecule has 0 heterocycles. The van der Waals surface area contributed by atoms with Gasteiger partial charge < -0.3 is 4.74 Å². The third-order valence-corrected chi connectivity index (χ3v) is 4.63. The maximum atomic E-state index is 5.65. The van der Waals surface area contributed by atoms with E-state index >= 15 is 0 Å². The van der Waals surface area contributed by atoms with E-state index in [0.717, 1.165) is 5.92 Å². The minimum Gasteiger partial charge on any atom is -0.378 e. The van der Waals surface area contributed by atoms with Crippen LogP contribution in [0.2, 0.25) is 0 Å². The average molecular weight is 184 g/mol. The number of methoxy groups -OCH3 is 1. The number of hydrogen-bond acceptors (Lipinski definition) is 1. The zero-order valence-electron chi connectivity index (χ0n) is 9.81. The largest absolute Gasteiger partial charge is 0.378 e. The first kappa shape index (κ1) is 11.0. The summed E-state index contributed by atoms with van der Waals surface area (Å²) in [6.07, 6.45) is 5.44. The van der Waals surface area contributed by atoms with Gasteiger partial charge in [-0.05, 0) is 44.4 Å². The van der Waals surface area contributed by atoms with Gasteiger partial charge in [0.05, 0.1) is 5.60 Å². The molecule has 1 nitrogen and oxygen atoms in total. The molecule has 1 aliphatic rings. The van der Waals surface area contributed by atoms with E-state index in [2.05, 4.69) is 27.7 Å². The highest BCUT2D eigenvalue weighted by Crippen LogP contribution is 2.51. The predicted octanol–water partition coefficient (Wildman–Crippen LogP) is 3.63. The van der Waals surface area contributed by atoms with Gasteiger partial charge >= 0.3 is 0 Å². The van der Waals surface area contributed by atoms with Crippen molar-refractivity contribution in [2.45, 2.75) is 59.0 Å². The van der Waals surface area contributed by atoms with Crippen molar-refractivity contribution in [2.75, 3.05) is 7.11 Å². The van der Waals surface area contributed by atoms with E-state index in [4.69, 9.17) is 4.74 Å². The fraction of sp³-hybridized carbons (Fsp3) is 1.00. The van der Waals surface area contributed by atoms with E-state index in [0.29, 0.717) is 5.41 Å². The molecule has 0 bridgehead atoms. The van der Waals surface area contributed by atoms with Gasteiger partial charge in [-0.2, -0.15) is 0 Å². The van der Waals surface area contributed by atoms with Crippen LogP contribution in [0.4, 0.5) is 0 Å². The van der Waals surface area contributed by atoms with Crippen LogP contribution >= 0.6 is 0 Å². The van der Waals surface area contributed by atoms with Crippen molar-refractivity contribution in [1.82, 2.24) is 0 Å². The van der Waals surface area contributed by atoms with Crippen LogP contribution in [0.15, 0.2) is 0 Å². The minimum atomic E-state index is 0.0207. The van der Waals surface area contributed by atoms with Crippen LogP contribution in [0.1, 0.15) is 53.4 Å². The molecule has 1 atom stereocenters. The third-order valence-electron chi connectivity index (χ3n) is 4.63. The van der Waals surface area contributed by atoms with E-state index in [9.17, 15) is 0 Å². The molecule has 1 heteroatoms. The second kappa shape index (κ2) is 3.61. The Bertz CT molecular complexity index is 170. The molecule has 1 unspecified atom stereocenters. The van der Waals surface area contributed by atoms with Crippen molar-refractivity contribution in [1.29, 1.82) is 0 Å². The van der Waals surface area contributed by atoms with E-state index in [1.54, 1.807) is 0 Å². The molecule has 0 radical (unpaired) electrons. The minimum absolute atomic E-state index is 0.0207. The van der Waals surface area contributed by atoms with Gasteiger partial charge in [0.15, 0.2) is 0 Å². The van der Waals surface area contributed by atoms with Crippen LogP contribution < -0.4 is 0 Å². The fourth-order valence-corrected chi connectivity index (χ4v) is 2.48. The summed E-state index contributed by atoms with van der Waals surface area (Å²) >= 11 is 0. The number of hydrogen-bond donors (Lipinski definition) is 0. The maximum Gasteiger partial charge on any atom is 0.0678 e. The molecule has 0 saturated heterocycles. The molecule has 0 aliphatic heterocycles. The van der Waals surface area contributed by atoms with Crippen LogP contribution in [-0.4, -0.2) is 12.7 Å². The quantitative estimate of drug-likeness (QED) is 0.648. The lowest BCUT2D eigenvalue weighted by Gasteiger charge is -2.51. The lowest BCUT2D eigenvalue weighted by atomic mass is 9.58. The first-order chi connectivity index (χ1) is 5.98. The van der Waals surface area contributed by atoms with Gasteiger partial charge in [0, 0.05) is 7.11 Å². The summed E-state index contributed by atoms with van der Waals surface area (Å²) in [6, 6.07) is 0. The highest BCUT2D eigenvalue weighted by Gasteiger charge is 2.47. The Morgan fingerprint density at radius 2 is 1.77 bits per heavy atom. The molecule has 0 amide bonds. The Balaban J connectivity index is 2.78. The smallest absolute Gasteiger partial charge is 0.0678 e.